The molecule has 2 heterocycles. The number of fused-ring (bicyclic) bond motifs is 2. The van der Waals surface area contributed by atoms with E-state index >= 15 is 0 Å². The first-order chi connectivity index (χ1) is 12.7. The second-order valence-corrected chi connectivity index (χ2v) is 6.57. The fourth-order valence-corrected chi connectivity index (χ4v) is 3.03. The van der Waals surface area contributed by atoms with Crippen molar-refractivity contribution in [3.8, 4) is 23.0 Å². The lowest BCUT2D eigenvalue weighted by atomic mass is 10.2. The van der Waals surface area contributed by atoms with Crippen LogP contribution < -0.4 is 24.3 Å². The van der Waals surface area contributed by atoms with Gasteiger partial charge in [-0.15, -0.1) is 0 Å². The lowest BCUT2D eigenvalue weighted by Crippen LogP contribution is -2.36. The maximum absolute atomic E-state index is 5.63. The van der Waals surface area contributed by atoms with Gasteiger partial charge >= 0.3 is 0 Å². The molecular weight excluding hydrogens is 352 g/mol. The molecule has 0 spiro atoms. The van der Waals surface area contributed by atoms with Gasteiger partial charge in [-0.2, -0.15) is 0 Å². The summed E-state index contributed by atoms with van der Waals surface area (Å²) >= 11 is 5.50. The highest BCUT2D eigenvalue weighted by Crippen LogP contribution is 2.32. The standard InChI is InChI=1S/C19H20N2O4S/c1-21(11-14-3-5-15-17(9-14)23-7-6-22-15)19(26)20-10-13-2-4-16-18(8-13)25-12-24-16/h2-5,8-9H,6-7,10-12H2,1H3,(H,20,26). The van der Waals surface area contributed by atoms with Crippen LogP contribution in [0.1, 0.15) is 11.1 Å². The van der Waals surface area contributed by atoms with Crippen molar-refractivity contribution < 1.29 is 18.9 Å². The molecule has 2 aromatic carbocycles. The van der Waals surface area contributed by atoms with Crippen molar-refractivity contribution in [3.05, 3.63) is 47.5 Å². The van der Waals surface area contributed by atoms with Gasteiger partial charge in [0.2, 0.25) is 6.79 Å². The lowest BCUT2D eigenvalue weighted by molar-refractivity contribution is 0.171. The van der Waals surface area contributed by atoms with Crippen LogP contribution in [0.3, 0.4) is 0 Å². The summed E-state index contributed by atoms with van der Waals surface area (Å²) in [4.78, 5) is 1.99. The lowest BCUT2D eigenvalue weighted by Gasteiger charge is -2.23. The van der Waals surface area contributed by atoms with Crippen molar-refractivity contribution in [2.75, 3.05) is 27.1 Å². The fourth-order valence-electron chi connectivity index (χ4n) is 2.90. The zero-order valence-corrected chi connectivity index (χ0v) is 15.3. The van der Waals surface area contributed by atoms with Crippen molar-refractivity contribution in [1.29, 1.82) is 0 Å². The van der Waals surface area contributed by atoms with E-state index in [9.17, 15) is 0 Å². The molecule has 1 N–H and O–H groups in total. The van der Waals surface area contributed by atoms with E-state index < -0.39 is 0 Å². The monoisotopic (exact) mass is 372 g/mol. The van der Waals surface area contributed by atoms with E-state index in [0.29, 0.717) is 31.4 Å². The zero-order chi connectivity index (χ0) is 17.9. The van der Waals surface area contributed by atoms with Gasteiger partial charge < -0.3 is 29.2 Å². The van der Waals surface area contributed by atoms with Gasteiger partial charge in [0.05, 0.1) is 0 Å². The predicted molar refractivity (Wildman–Crippen MR) is 101 cm³/mol. The Labute approximate surface area is 157 Å². The molecule has 0 aliphatic carbocycles. The summed E-state index contributed by atoms with van der Waals surface area (Å²) in [5.74, 6) is 3.15. The number of benzene rings is 2. The van der Waals surface area contributed by atoms with Crippen molar-refractivity contribution in [3.63, 3.8) is 0 Å². The summed E-state index contributed by atoms with van der Waals surface area (Å²) < 4.78 is 21.9. The normalized spacial score (nSPS) is 14.0. The molecule has 6 nitrogen and oxygen atoms in total. The molecule has 136 valence electrons. The Balaban J connectivity index is 1.33. The molecule has 2 aliphatic heterocycles. The van der Waals surface area contributed by atoms with Gasteiger partial charge in [-0.1, -0.05) is 12.1 Å². The van der Waals surface area contributed by atoms with Crippen molar-refractivity contribution >= 4 is 17.3 Å². The van der Waals surface area contributed by atoms with E-state index in [-0.39, 0.29) is 6.79 Å². The average Bonchev–Trinajstić information content (AvgIpc) is 3.13. The van der Waals surface area contributed by atoms with Gasteiger partial charge in [0, 0.05) is 20.1 Å². The van der Waals surface area contributed by atoms with E-state index in [1.54, 1.807) is 0 Å². The minimum absolute atomic E-state index is 0.281. The van der Waals surface area contributed by atoms with E-state index in [1.165, 1.54) is 0 Å². The molecule has 0 atom stereocenters. The Hall–Kier alpha value is -2.67. The molecular formula is C19H20N2O4S. The number of hydrogen-bond donors (Lipinski definition) is 1. The van der Waals surface area contributed by atoms with Crippen LogP contribution in [0.4, 0.5) is 0 Å². The van der Waals surface area contributed by atoms with Crippen LogP contribution in [0, 0.1) is 0 Å². The zero-order valence-electron chi connectivity index (χ0n) is 14.5. The number of ether oxygens (including phenoxy) is 4. The molecule has 2 aromatic rings. The van der Waals surface area contributed by atoms with E-state index in [0.717, 1.165) is 34.1 Å². The largest absolute Gasteiger partial charge is 0.486 e. The van der Waals surface area contributed by atoms with Gasteiger partial charge in [0.1, 0.15) is 13.2 Å². The first kappa shape index (κ1) is 16.8. The van der Waals surface area contributed by atoms with Crippen LogP contribution in [0.5, 0.6) is 23.0 Å². The van der Waals surface area contributed by atoms with Crippen LogP contribution in [0.15, 0.2) is 36.4 Å². The summed E-state index contributed by atoms with van der Waals surface area (Å²) in [5, 5.41) is 3.96. The number of hydrogen-bond acceptors (Lipinski definition) is 5. The number of rotatable bonds is 4. The van der Waals surface area contributed by atoms with E-state index in [4.69, 9.17) is 31.2 Å². The van der Waals surface area contributed by atoms with Crippen molar-refractivity contribution in [2.45, 2.75) is 13.1 Å². The SMILES string of the molecule is CN(Cc1ccc2c(c1)OCCO2)C(=S)NCc1ccc2c(c1)OCO2. The molecule has 0 saturated heterocycles. The highest BCUT2D eigenvalue weighted by Gasteiger charge is 2.15. The summed E-state index contributed by atoms with van der Waals surface area (Å²) in [6.07, 6.45) is 0. The maximum Gasteiger partial charge on any atom is 0.231 e. The number of nitrogens with zero attached hydrogens (tertiary/aromatic N) is 1. The minimum atomic E-state index is 0.281. The van der Waals surface area contributed by atoms with Gasteiger partial charge in [-0.25, -0.2) is 0 Å². The van der Waals surface area contributed by atoms with Crippen LogP contribution in [-0.4, -0.2) is 37.1 Å². The molecule has 0 saturated carbocycles. The minimum Gasteiger partial charge on any atom is -0.486 e. The number of nitrogens with one attached hydrogen (secondary N) is 1. The van der Waals surface area contributed by atoms with Gasteiger partial charge in [0.25, 0.3) is 0 Å². The second kappa shape index (κ2) is 7.29. The van der Waals surface area contributed by atoms with Gasteiger partial charge in [0.15, 0.2) is 28.1 Å². The van der Waals surface area contributed by atoms with Crippen LogP contribution in [0.2, 0.25) is 0 Å². The molecule has 7 heteroatoms. The van der Waals surface area contributed by atoms with Crippen molar-refractivity contribution in [1.82, 2.24) is 10.2 Å². The topological polar surface area (TPSA) is 52.2 Å². The Morgan fingerprint density at radius 1 is 0.923 bits per heavy atom. The summed E-state index contributed by atoms with van der Waals surface area (Å²) in [6, 6.07) is 11.9. The Bertz CT molecular complexity index is 827. The molecule has 2 aliphatic rings. The fraction of sp³-hybridized carbons (Fsp3) is 0.316. The Morgan fingerprint density at radius 2 is 1.54 bits per heavy atom. The van der Waals surface area contributed by atoms with E-state index in [2.05, 4.69) is 5.32 Å². The third-order valence-corrected chi connectivity index (χ3v) is 4.71. The number of thiocarbonyl (C=S) groups is 1. The summed E-state index contributed by atoms with van der Waals surface area (Å²) in [5.41, 5.74) is 2.20. The maximum atomic E-state index is 5.63. The Kier molecular flexibility index (Phi) is 4.71. The Morgan fingerprint density at radius 3 is 2.38 bits per heavy atom. The predicted octanol–water partition coefficient (Wildman–Crippen LogP) is 2.69. The third kappa shape index (κ3) is 3.62. The summed E-state index contributed by atoms with van der Waals surface area (Å²) in [7, 11) is 1.96. The van der Waals surface area contributed by atoms with Crippen LogP contribution in [-0.2, 0) is 13.1 Å². The first-order valence-electron chi connectivity index (χ1n) is 8.45. The first-order valence-corrected chi connectivity index (χ1v) is 8.86. The molecule has 0 fully saturated rings. The summed E-state index contributed by atoms with van der Waals surface area (Å²) in [6.45, 7) is 2.77. The third-order valence-electron chi connectivity index (χ3n) is 4.25. The highest BCUT2D eigenvalue weighted by molar-refractivity contribution is 7.80. The molecule has 26 heavy (non-hydrogen) atoms. The second-order valence-electron chi connectivity index (χ2n) is 6.18. The van der Waals surface area contributed by atoms with Crippen LogP contribution >= 0.6 is 12.2 Å². The molecule has 0 radical (unpaired) electrons. The molecule has 0 amide bonds. The average molecular weight is 372 g/mol. The quantitative estimate of drug-likeness (QED) is 0.828. The van der Waals surface area contributed by atoms with Gasteiger partial charge in [-0.3, -0.25) is 0 Å². The molecule has 0 aromatic heterocycles. The van der Waals surface area contributed by atoms with E-state index in [1.807, 2.05) is 48.3 Å². The smallest absolute Gasteiger partial charge is 0.231 e. The molecule has 0 bridgehead atoms. The van der Waals surface area contributed by atoms with Crippen LogP contribution in [0.25, 0.3) is 0 Å². The highest BCUT2D eigenvalue weighted by atomic mass is 32.1. The van der Waals surface area contributed by atoms with Crippen molar-refractivity contribution in [2.24, 2.45) is 0 Å². The molecule has 4 rings (SSSR count). The van der Waals surface area contributed by atoms with Gasteiger partial charge in [-0.05, 0) is 47.6 Å². The molecule has 0 unspecified atom stereocenters.